The van der Waals surface area contributed by atoms with Crippen LogP contribution in [-0.2, 0) is 27.1 Å². The molecular weight excluding hydrogens is 832 g/mol. The molecule has 3 aliphatic carbocycles. The van der Waals surface area contributed by atoms with Gasteiger partial charge < -0.3 is 9.80 Å². The van der Waals surface area contributed by atoms with Crippen LogP contribution in [0.1, 0.15) is 147 Å². The highest BCUT2D eigenvalue weighted by molar-refractivity contribution is 7.00. The minimum Gasteiger partial charge on any atom is -0.311 e. The van der Waals surface area contributed by atoms with Crippen molar-refractivity contribution in [2.45, 2.75) is 130 Å². The van der Waals surface area contributed by atoms with Gasteiger partial charge in [0.1, 0.15) is 0 Å². The topological polar surface area (TPSA) is 6.48 Å². The molecule has 0 saturated carbocycles. The molecule has 12 rings (SSSR count). The van der Waals surface area contributed by atoms with E-state index in [0.29, 0.717) is 0 Å². The van der Waals surface area contributed by atoms with Crippen LogP contribution >= 0.6 is 0 Å². The molecule has 2 nitrogen and oxygen atoms in total. The number of hydrogen-bond acceptors (Lipinski definition) is 2. The second-order valence-electron chi connectivity index (χ2n) is 25.0. The summed E-state index contributed by atoms with van der Waals surface area (Å²) in [7, 11) is 0. The highest BCUT2D eigenvalue weighted by atomic mass is 15.2. The standard InChI is InChI=1S/C66H67BN2/c1-62(2,3)41-28-34-56-55(35-41)67-54-33-27-42(63(4,5)6)36-57(54)69(45-31-32-48-47-19-14-16-22-50(47)66(12,13)53(48)39-45)59-38-43(64(7,8)9)37-58(61(59)67)68(56)44-29-25-40(26-30-44)46-21-18-24-52-60(46)49-20-15-17-23-51(49)65(52,10)11/h14-17,19-23,25-39H,18,24H2,1-13H3. The second-order valence-corrected chi connectivity index (χ2v) is 25.0. The molecule has 0 atom stereocenters. The van der Waals surface area contributed by atoms with Crippen molar-refractivity contribution in [2.75, 3.05) is 9.80 Å². The van der Waals surface area contributed by atoms with Gasteiger partial charge in [0.05, 0.1) is 0 Å². The zero-order chi connectivity index (χ0) is 48.3. The highest BCUT2D eigenvalue weighted by Gasteiger charge is 2.46. The lowest BCUT2D eigenvalue weighted by Gasteiger charge is -2.46. The number of fused-ring (bicyclic) bond motifs is 9. The molecule has 0 N–H and O–H groups in total. The van der Waals surface area contributed by atoms with E-state index in [0.717, 1.165) is 12.8 Å². The van der Waals surface area contributed by atoms with Crippen molar-refractivity contribution in [3.63, 3.8) is 0 Å². The van der Waals surface area contributed by atoms with Gasteiger partial charge >= 0.3 is 0 Å². The predicted octanol–water partition coefficient (Wildman–Crippen LogP) is 15.9. The average Bonchev–Trinajstić information content (AvgIpc) is 3.69. The Balaban J connectivity index is 1.10. The SMILES string of the molecule is CC(C)(C)c1ccc2c(c1)B1c3ccc(C(C)(C)C)cc3N(c3ccc4c(c3)C(C)(C)c3ccccc3-4)c3cc(C(C)(C)C)cc(c31)N2c1ccc(C2=CCCC3=C2c2ccccc2C3(C)C)cc1. The van der Waals surface area contributed by atoms with E-state index in [1.807, 2.05) is 0 Å². The van der Waals surface area contributed by atoms with E-state index in [-0.39, 0.29) is 33.8 Å². The van der Waals surface area contributed by atoms with E-state index < -0.39 is 0 Å². The summed E-state index contributed by atoms with van der Waals surface area (Å²) in [6.07, 6.45) is 4.68. The van der Waals surface area contributed by atoms with Crippen LogP contribution in [0.2, 0.25) is 0 Å². The lowest BCUT2D eigenvalue weighted by Crippen LogP contribution is -2.61. The lowest BCUT2D eigenvalue weighted by molar-refractivity contribution is 0.589. The largest absolute Gasteiger partial charge is 0.311 e. The third kappa shape index (κ3) is 6.44. The summed E-state index contributed by atoms with van der Waals surface area (Å²) in [4.78, 5) is 5.26. The maximum absolute atomic E-state index is 2.65. The number of benzene rings is 7. The average molecular weight is 899 g/mol. The molecule has 0 saturated heterocycles. The first kappa shape index (κ1) is 43.9. The molecule has 0 fully saturated rings. The molecule has 7 aromatic rings. The van der Waals surface area contributed by atoms with Crippen LogP contribution in [0.5, 0.6) is 0 Å². The summed E-state index contributed by atoms with van der Waals surface area (Å²) < 4.78 is 0. The van der Waals surface area contributed by atoms with Crippen LogP contribution in [0.25, 0.3) is 22.3 Å². The van der Waals surface area contributed by atoms with Crippen molar-refractivity contribution in [1.29, 1.82) is 0 Å². The molecule has 2 heterocycles. The summed E-state index contributed by atoms with van der Waals surface area (Å²) in [5, 5.41) is 0. The van der Waals surface area contributed by atoms with Gasteiger partial charge in [0.25, 0.3) is 6.71 Å². The molecule has 0 bridgehead atoms. The van der Waals surface area contributed by atoms with E-state index in [9.17, 15) is 0 Å². The molecule has 69 heavy (non-hydrogen) atoms. The van der Waals surface area contributed by atoms with Crippen LogP contribution in [0, 0.1) is 0 Å². The Hall–Kier alpha value is -6.32. The monoisotopic (exact) mass is 899 g/mol. The van der Waals surface area contributed by atoms with E-state index in [1.165, 1.54) is 117 Å². The Morgan fingerprint density at radius 2 is 1.00 bits per heavy atom. The van der Waals surface area contributed by atoms with Gasteiger partial charge in [-0.2, -0.15) is 0 Å². The van der Waals surface area contributed by atoms with Crippen molar-refractivity contribution in [3.8, 4) is 11.1 Å². The van der Waals surface area contributed by atoms with Gasteiger partial charge in [-0.25, -0.2) is 0 Å². The van der Waals surface area contributed by atoms with Crippen molar-refractivity contribution in [2.24, 2.45) is 0 Å². The quantitative estimate of drug-likeness (QED) is 0.163. The van der Waals surface area contributed by atoms with E-state index in [2.05, 4.69) is 245 Å². The highest BCUT2D eigenvalue weighted by Crippen LogP contribution is 2.56. The smallest absolute Gasteiger partial charge is 0.252 e. The summed E-state index contributed by atoms with van der Waals surface area (Å²) in [6.45, 7) is 30.9. The Kier molecular flexibility index (Phi) is 9.30. The minimum absolute atomic E-state index is 0.0240. The van der Waals surface area contributed by atoms with Gasteiger partial charge in [0, 0.05) is 45.0 Å². The summed E-state index contributed by atoms with van der Waals surface area (Å²) in [6, 6.07) is 55.0. The van der Waals surface area contributed by atoms with Crippen LogP contribution < -0.4 is 26.2 Å². The number of rotatable bonds is 3. The third-order valence-corrected chi connectivity index (χ3v) is 16.9. The summed E-state index contributed by atoms with van der Waals surface area (Å²) >= 11 is 0. The summed E-state index contributed by atoms with van der Waals surface area (Å²) in [5.74, 6) is 0. The number of nitrogens with zero attached hydrogens (tertiary/aromatic N) is 2. The zero-order valence-electron chi connectivity index (χ0n) is 43.2. The molecule has 0 spiro atoms. The van der Waals surface area contributed by atoms with Crippen LogP contribution in [-0.4, -0.2) is 6.71 Å². The Bertz CT molecular complexity index is 3390. The van der Waals surface area contributed by atoms with Crippen molar-refractivity contribution in [3.05, 3.63) is 196 Å². The zero-order valence-corrected chi connectivity index (χ0v) is 43.2. The third-order valence-electron chi connectivity index (χ3n) is 16.9. The fraction of sp³-hybridized carbons (Fsp3) is 0.303. The minimum atomic E-state index is -0.128. The second kappa shape index (κ2) is 14.6. The molecule has 2 aliphatic heterocycles. The summed E-state index contributed by atoms with van der Waals surface area (Å²) in [5.41, 5.74) is 29.4. The first-order valence-electron chi connectivity index (χ1n) is 25.6. The number of allylic oxidation sites excluding steroid dienone is 4. The predicted molar refractivity (Wildman–Crippen MR) is 298 cm³/mol. The molecule has 0 aromatic heterocycles. The molecule has 0 unspecified atom stereocenters. The fourth-order valence-corrected chi connectivity index (χ4v) is 12.9. The van der Waals surface area contributed by atoms with E-state index in [4.69, 9.17) is 0 Å². The van der Waals surface area contributed by atoms with Crippen molar-refractivity contribution >= 4 is 68.4 Å². The van der Waals surface area contributed by atoms with Crippen molar-refractivity contribution in [1.82, 2.24) is 0 Å². The van der Waals surface area contributed by atoms with Gasteiger partial charge in [-0.15, -0.1) is 0 Å². The van der Waals surface area contributed by atoms with Gasteiger partial charge in [-0.1, -0.05) is 193 Å². The van der Waals surface area contributed by atoms with Crippen LogP contribution in [0.4, 0.5) is 34.1 Å². The Morgan fingerprint density at radius 3 is 1.67 bits per heavy atom. The van der Waals surface area contributed by atoms with Crippen molar-refractivity contribution < 1.29 is 0 Å². The van der Waals surface area contributed by atoms with Crippen LogP contribution in [0.15, 0.2) is 151 Å². The molecule has 3 heteroatoms. The number of hydrogen-bond donors (Lipinski definition) is 0. The fourth-order valence-electron chi connectivity index (χ4n) is 12.9. The van der Waals surface area contributed by atoms with E-state index in [1.54, 1.807) is 5.57 Å². The van der Waals surface area contributed by atoms with Gasteiger partial charge in [0.2, 0.25) is 0 Å². The lowest BCUT2D eigenvalue weighted by atomic mass is 9.33. The molecule has 0 amide bonds. The maximum Gasteiger partial charge on any atom is 0.252 e. The molecule has 5 aliphatic rings. The van der Waals surface area contributed by atoms with Gasteiger partial charge in [-0.3, -0.25) is 0 Å². The van der Waals surface area contributed by atoms with Gasteiger partial charge in [-0.05, 0) is 161 Å². The first-order valence-corrected chi connectivity index (χ1v) is 25.6. The first-order chi connectivity index (χ1) is 32.6. The molecule has 344 valence electrons. The molecular formula is C66H67BN2. The normalized spacial score (nSPS) is 17.1. The Labute approximate surface area is 412 Å². The maximum atomic E-state index is 2.65. The van der Waals surface area contributed by atoms with Gasteiger partial charge in [0.15, 0.2) is 0 Å². The van der Waals surface area contributed by atoms with E-state index >= 15 is 0 Å². The Morgan fingerprint density at radius 1 is 0.449 bits per heavy atom. The molecule has 7 aromatic carbocycles. The number of anilines is 6. The van der Waals surface area contributed by atoms with Crippen LogP contribution in [0.3, 0.4) is 0 Å². The molecule has 0 radical (unpaired) electrons.